The van der Waals surface area contributed by atoms with E-state index >= 15 is 0 Å². The van der Waals surface area contributed by atoms with Crippen LogP contribution in [0.25, 0.3) is 0 Å². The van der Waals surface area contributed by atoms with E-state index in [2.05, 4.69) is 20.9 Å². The summed E-state index contributed by atoms with van der Waals surface area (Å²) < 4.78 is 12.6. The van der Waals surface area contributed by atoms with Crippen LogP contribution in [0.15, 0.2) is 41.0 Å². The topological polar surface area (TPSA) is 51.7 Å². The van der Waals surface area contributed by atoms with Crippen LogP contribution in [0, 0.1) is 0 Å². The number of likely N-dealkylation sites (N-methyl/N-ethyl adjacent to an activating group) is 1. The van der Waals surface area contributed by atoms with E-state index in [4.69, 9.17) is 9.47 Å². The van der Waals surface area contributed by atoms with Crippen molar-refractivity contribution >= 4 is 27.7 Å². The molecule has 0 bridgehead atoms. The fraction of sp³-hybridized carbons (Fsp3) is 0.368. The van der Waals surface area contributed by atoms with Gasteiger partial charge in [-0.25, -0.2) is 4.98 Å². The number of hydrogen-bond acceptors (Lipinski definition) is 4. The van der Waals surface area contributed by atoms with Gasteiger partial charge >= 0.3 is 0 Å². The lowest BCUT2D eigenvalue weighted by Gasteiger charge is -2.21. The third-order valence-corrected chi connectivity index (χ3v) is 4.48. The number of para-hydroxylation sites is 1. The number of aromatic nitrogens is 1. The molecule has 132 valence electrons. The summed E-state index contributed by atoms with van der Waals surface area (Å²) >= 11 is 3.35. The van der Waals surface area contributed by atoms with Crippen LogP contribution in [0.5, 0.6) is 11.5 Å². The Balaban J connectivity index is 1.71. The summed E-state index contributed by atoms with van der Waals surface area (Å²) in [5.41, 5.74) is 0.861. The van der Waals surface area contributed by atoms with Crippen LogP contribution in [0.4, 0.5) is 5.82 Å². The van der Waals surface area contributed by atoms with Gasteiger partial charge in [0.2, 0.25) is 0 Å². The fourth-order valence-electron chi connectivity index (χ4n) is 2.91. The first-order chi connectivity index (χ1) is 11.9. The van der Waals surface area contributed by atoms with Crippen LogP contribution >= 0.6 is 15.9 Å². The number of amides is 1. The maximum absolute atomic E-state index is 12.6. The largest absolute Gasteiger partial charge is 0.483 e. The highest BCUT2D eigenvalue weighted by Gasteiger charge is 2.32. The SMILES string of the molecule is CCN(C(=O)COc1cccc2c1OC(C)(C)C2)c1ccc(Br)cn1. The molecule has 1 aliphatic rings. The molecule has 3 rings (SSSR count). The third-order valence-electron chi connectivity index (χ3n) is 4.01. The number of carbonyl (C=O) groups excluding carboxylic acids is 1. The van der Waals surface area contributed by atoms with Gasteiger partial charge in [-0.05, 0) is 54.9 Å². The summed E-state index contributed by atoms with van der Waals surface area (Å²) in [6, 6.07) is 9.46. The van der Waals surface area contributed by atoms with Crippen molar-refractivity contribution in [2.75, 3.05) is 18.1 Å². The zero-order valence-corrected chi connectivity index (χ0v) is 16.2. The summed E-state index contributed by atoms with van der Waals surface area (Å²) in [6.07, 6.45) is 2.50. The quantitative estimate of drug-likeness (QED) is 0.755. The minimum absolute atomic E-state index is 0.0637. The van der Waals surface area contributed by atoms with Gasteiger partial charge in [0.15, 0.2) is 18.1 Å². The van der Waals surface area contributed by atoms with Crippen LogP contribution in [-0.2, 0) is 11.2 Å². The molecule has 0 saturated heterocycles. The molecule has 25 heavy (non-hydrogen) atoms. The Kier molecular flexibility index (Phi) is 4.99. The zero-order valence-electron chi connectivity index (χ0n) is 14.6. The molecule has 0 saturated carbocycles. The third kappa shape index (κ3) is 3.95. The highest BCUT2D eigenvalue weighted by molar-refractivity contribution is 9.10. The number of ether oxygens (including phenoxy) is 2. The number of benzene rings is 1. The number of hydrogen-bond donors (Lipinski definition) is 0. The van der Waals surface area contributed by atoms with Gasteiger partial charge in [0.25, 0.3) is 5.91 Å². The molecule has 0 unspecified atom stereocenters. The van der Waals surface area contributed by atoms with Crippen LogP contribution in [0.1, 0.15) is 26.3 Å². The van der Waals surface area contributed by atoms with Crippen LogP contribution in [-0.4, -0.2) is 29.6 Å². The Bertz CT molecular complexity index is 775. The molecule has 0 spiro atoms. The van der Waals surface area contributed by atoms with Gasteiger partial charge < -0.3 is 9.47 Å². The molecule has 1 aliphatic heterocycles. The Morgan fingerprint density at radius 1 is 1.36 bits per heavy atom. The number of rotatable bonds is 5. The van der Waals surface area contributed by atoms with Crippen molar-refractivity contribution in [1.82, 2.24) is 4.98 Å². The average molecular weight is 405 g/mol. The lowest BCUT2D eigenvalue weighted by Crippen LogP contribution is -2.35. The van der Waals surface area contributed by atoms with Crippen molar-refractivity contribution in [2.24, 2.45) is 0 Å². The Morgan fingerprint density at radius 2 is 2.16 bits per heavy atom. The first-order valence-electron chi connectivity index (χ1n) is 8.25. The van der Waals surface area contributed by atoms with E-state index in [1.807, 2.05) is 45.0 Å². The summed E-state index contributed by atoms with van der Waals surface area (Å²) in [4.78, 5) is 18.4. The summed E-state index contributed by atoms with van der Waals surface area (Å²) in [7, 11) is 0. The number of pyridine rings is 1. The number of fused-ring (bicyclic) bond motifs is 1. The van der Waals surface area contributed by atoms with Gasteiger partial charge in [0.1, 0.15) is 11.4 Å². The molecular weight excluding hydrogens is 384 g/mol. The molecule has 0 radical (unpaired) electrons. The number of halogens is 1. The van der Waals surface area contributed by atoms with Crippen molar-refractivity contribution in [3.05, 3.63) is 46.6 Å². The lowest BCUT2D eigenvalue weighted by molar-refractivity contribution is -0.120. The molecule has 0 atom stereocenters. The molecule has 2 heterocycles. The van der Waals surface area contributed by atoms with Crippen LogP contribution in [0.2, 0.25) is 0 Å². The first kappa shape index (κ1) is 17.7. The second kappa shape index (κ2) is 7.04. The second-order valence-corrected chi connectivity index (χ2v) is 7.46. The predicted octanol–water partition coefficient (Wildman–Crippen LogP) is 3.99. The molecular formula is C19H21BrN2O3. The highest BCUT2D eigenvalue weighted by atomic mass is 79.9. The van der Waals surface area contributed by atoms with Crippen LogP contribution in [0.3, 0.4) is 0 Å². The van der Waals surface area contributed by atoms with Gasteiger partial charge in [0.05, 0.1) is 0 Å². The minimum atomic E-state index is -0.247. The smallest absolute Gasteiger partial charge is 0.266 e. The van der Waals surface area contributed by atoms with Gasteiger partial charge in [-0.2, -0.15) is 0 Å². The van der Waals surface area contributed by atoms with E-state index in [0.29, 0.717) is 18.1 Å². The first-order valence-corrected chi connectivity index (χ1v) is 9.04. The molecule has 1 aromatic heterocycles. The summed E-state index contributed by atoms with van der Waals surface area (Å²) in [5, 5.41) is 0. The van der Waals surface area contributed by atoms with E-state index < -0.39 is 0 Å². The van der Waals surface area contributed by atoms with Crippen LogP contribution < -0.4 is 14.4 Å². The van der Waals surface area contributed by atoms with Crippen molar-refractivity contribution in [3.8, 4) is 11.5 Å². The molecule has 6 heteroatoms. The molecule has 2 aromatic rings. The van der Waals surface area contributed by atoms with E-state index in [0.717, 1.165) is 22.2 Å². The average Bonchev–Trinajstić information content (AvgIpc) is 2.89. The standard InChI is InChI=1S/C19H21BrN2O3/c1-4-22(16-9-8-14(20)11-21-16)17(23)12-24-15-7-5-6-13-10-19(2,3)25-18(13)15/h5-9,11H,4,10,12H2,1-3H3. The maximum Gasteiger partial charge on any atom is 0.266 e. The molecule has 1 aromatic carbocycles. The Labute approximate surface area is 156 Å². The Hall–Kier alpha value is -2.08. The van der Waals surface area contributed by atoms with E-state index in [1.165, 1.54) is 0 Å². The normalized spacial score (nSPS) is 14.6. The Morgan fingerprint density at radius 3 is 2.84 bits per heavy atom. The molecule has 5 nitrogen and oxygen atoms in total. The van der Waals surface area contributed by atoms with Crippen molar-refractivity contribution in [1.29, 1.82) is 0 Å². The molecule has 0 N–H and O–H groups in total. The number of anilines is 1. The second-order valence-electron chi connectivity index (χ2n) is 6.54. The fourth-order valence-corrected chi connectivity index (χ4v) is 3.15. The van der Waals surface area contributed by atoms with Crippen molar-refractivity contribution in [3.63, 3.8) is 0 Å². The highest BCUT2D eigenvalue weighted by Crippen LogP contribution is 2.41. The lowest BCUT2D eigenvalue weighted by atomic mass is 10.0. The van der Waals surface area contributed by atoms with E-state index in [1.54, 1.807) is 17.2 Å². The van der Waals surface area contributed by atoms with Crippen molar-refractivity contribution in [2.45, 2.75) is 32.8 Å². The monoisotopic (exact) mass is 404 g/mol. The number of carbonyl (C=O) groups is 1. The van der Waals surface area contributed by atoms with Gasteiger partial charge in [-0.1, -0.05) is 12.1 Å². The minimum Gasteiger partial charge on any atom is -0.483 e. The van der Waals surface area contributed by atoms with Gasteiger partial charge in [-0.3, -0.25) is 9.69 Å². The predicted molar refractivity (Wildman–Crippen MR) is 100 cm³/mol. The molecule has 1 amide bonds. The van der Waals surface area contributed by atoms with Crippen molar-refractivity contribution < 1.29 is 14.3 Å². The van der Waals surface area contributed by atoms with Gasteiger partial charge in [-0.15, -0.1) is 0 Å². The zero-order chi connectivity index (χ0) is 18.0. The maximum atomic E-state index is 12.6. The van der Waals surface area contributed by atoms with E-state index in [9.17, 15) is 4.79 Å². The van der Waals surface area contributed by atoms with Gasteiger partial charge in [0, 0.05) is 29.2 Å². The molecule has 0 aliphatic carbocycles. The van der Waals surface area contributed by atoms with E-state index in [-0.39, 0.29) is 18.1 Å². The molecule has 0 fully saturated rings. The number of nitrogens with zero attached hydrogens (tertiary/aromatic N) is 2. The summed E-state index contributed by atoms with van der Waals surface area (Å²) in [6.45, 7) is 6.45. The summed E-state index contributed by atoms with van der Waals surface area (Å²) in [5.74, 6) is 1.81.